The number of benzene rings is 1. The molecule has 15 heavy (non-hydrogen) atoms. The fourth-order valence-electron chi connectivity index (χ4n) is 1.03. The molecule has 80 valence electrons. The fraction of sp³-hybridized carbons (Fsp3) is 0.364. The van der Waals surface area contributed by atoms with Crippen molar-refractivity contribution < 1.29 is 9.53 Å². The first-order valence-corrected chi connectivity index (χ1v) is 4.80. The maximum atomic E-state index is 11.2. The Morgan fingerprint density at radius 1 is 1.40 bits per heavy atom. The van der Waals surface area contributed by atoms with E-state index >= 15 is 0 Å². The molecule has 0 amide bonds. The first-order valence-electron chi connectivity index (χ1n) is 4.80. The number of anilines is 1. The van der Waals surface area contributed by atoms with Crippen LogP contribution in [0.3, 0.4) is 0 Å². The Morgan fingerprint density at radius 3 is 2.40 bits per heavy atom. The van der Waals surface area contributed by atoms with Gasteiger partial charge in [-0.05, 0) is 24.6 Å². The van der Waals surface area contributed by atoms with E-state index in [-0.39, 0.29) is 0 Å². The van der Waals surface area contributed by atoms with Crippen molar-refractivity contribution in [1.29, 1.82) is 0 Å². The molecule has 0 saturated carbocycles. The van der Waals surface area contributed by atoms with E-state index in [9.17, 15) is 4.79 Å². The SMILES string of the molecule is CC.[B]c1cc(N)c(C)cc1C(=O)OC. The normalized spacial score (nSPS) is 8.80. The average molecular weight is 205 g/mol. The van der Waals surface area contributed by atoms with Gasteiger partial charge >= 0.3 is 5.97 Å². The summed E-state index contributed by atoms with van der Waals surface area (Å²) < 4.78 is 4.55. The van der Waals surface area contributed by atoms with Crippen LogP contribution >= 0.6 is 0 Å². The molecule has 4 heteroatoms. The van der Waals surface area contributed by atoms with Gasteiger partial charge in [-0.1, -0.05) is 19.3 Å². The predicted molar refractivity (Wildman–Crippen MR) is 63.7 cm³/mol. The topological polar surface area (TPSA) is 52.3 Å². The fourth-order valence-corrected chi connectivity index (χ4v) is 1.03. The maximum Gasteiger partial charge on any atom is 0.337 e. The summed E-state index contributed by atoms with van der Waals surface area (Å²) in [6.45, 7) is 5.81. The molecule has 0 spiro atoms. The van der Waals surface area contributed by atoms with Gasteiger partial charge in [-0.25, -0.2) is 4.79 Å². The number of ether oxygens (including phenoxy) is 1. The van der Waals surface area contributed by atoms with Gasteiger partial charge in [0.05, 0.1) is 12.7 Å². The number of nitrogen functional groups attached to an aromatic ring is 1. The lowest BCUT2D eigenvalue weighted by Gasteiger charge is -2.07. The summed E-state index contributed by atoms with van der Waals surface area (Å²) in [5.41, 5.74) is 7.69. The summed E-state index contributed by atoms with van der Waals surface area (Å²) in [7, 11) is 6.90. The zero-order valence-corrected chi connectivity index (χ0v) is 9.63. The Labute approximate surface area is 92.0 Å². The van der Waals surface area contributed by atoms with Crippen LogP contribution < -0.4 is 11.2 Å². The average Bonchev–Trinajstić information content (AvgIpc) is 2.25. The third-order valence-corrected chi connectivity index (χ3v) is 1.84. The van der Waals surface area contributed by atoms with Crippen LogP contribution in [0.4, 0.5) is 5.69 Å². The molecular formula is C11H16BNO2. The largest absolute Gasteiger partial charge is 0.465 e. The number of aryl methyl sites for hydroxylation is 1. The lowest BCUT2D eigenvalue weighted by Crippen LogP contribution is -2.18. The molecule has 2 radical (unpaired) electrons. The highest BCUT2D eigenvalue weighted by Crippen LogP contribution is 2.10. The number of esters is 1. The minimum absolute atomic E-state index is 0.343. The minimum atomic E-state index is -0.444. The summed E-state index contributed by atoms with van der Waals surface area (Å²) in [5, 5.41) is 0. The first kappa shape index (κ1) is 13.6. The van der Waals surface area contributed by atoms with E-state index in [1.54, 1.807) is 19.1 Å². The van der Waals surface area contributed by atoms with Gasteiger partial charge < -0.3 is 10.5 Å². The standard InChI is InChI=1S/C9H10BNO2.C2H6/c1-5-3-6(9(12)13-2)7(10)4-8(5)11;1-2/h3-4H,11H2,1-2H3;1-2H3. The number of hydrogen-bond donors (Lipinski definition) is 1. The van der Waals surface area contributed by atoms with Gasteiger partial charge in [0.25, 0.3) is 0 Å². The van der Waals surface area contributed by atoms with Crippen molar-refractivity contribution in [3.8, 4) is 0 Å². The van der Waals surface area contributed by atoms with Gasteiger partial charge in [-0.2, -0.15) is 0 Å². The molecule has 0 heterocycles. The number of carbonyl (C=O) groups is 1. The third-order valence-electron chi connectivity index (χ3n) is 1.84. The van der Waals surface area contributed by atoms with E-state index < -0.39 is 5.97 Å². The highest BCUT2D eigenvalue weighted by Gasteiger charge is 2.09. The molecule has 0 unspecified atom stereocenters. The lowest BCUT2D eigenvalue weighted by molar-refractivity contribution is 0.0602. The van der Waals surface area contributed by atoms with Crippen molar-refractivity contribution in [3.63, 3.8) is 0 Å². The van der Waals surface area contributed by atoms with Crippen LogP contribution in [0, 0.1) is 6.92 Å². The molecular weight excluding hydrogens is 189 g/mol. The summed E-state index contributed by atoms with van der Waals surface area (Å²) in [5.74, 6) is -0.444. The van der Waals surface area contributed by atoms with Crippen molar-refractivity contribution in [2.75, 3.05) is 12.8 Å². The van der Waals surface area contributed by atoms with Crippen LogP contribution in [0.2, 0.25) is 0 Å². The van der Waals surface area contributed by atoms with Gasteiger partial charge in [-0.15, -0.1) is 0 Å². The van der Waals surface area contributed by atoms with Crippen molar-refractivity contribution in [3.05, 3.63) is 23.3 Å². The van der Waals surface area contributed by atoms with Crippen molar-refractivity contribution >= 4 is 25.0 Å². The molecule has 1 rings (SSSR count). The molecule has 0 saturated heterocycles. The smallest absolute Gasteiger partial charge is 0.337 e. The highest BCUT2D eigenvalue weighted by molar-refractivity contribution is 6.36. The van der Waals surface area contributed by atoms with E-state index in [0.29, 0.717) is 16.7 Å². The van der Waals surface area contributed by atoms with Crippen LogP contribution in [0.5, 0.6) is 0 Å². The molecule has 0 fully saturated rings. The maximum absolute atomic E-state index is 11.2. The first-order chi connectivity index (χ1) is 7.06. The number of rotatable bonds is 1. The summed E-state index contributed by atoms with van der Waals surface area (Å²) >= 11 is 0. The minimum Gasteiger partial charge on any atom is -0.465 e. The van der Waals surface area contributed by atoms with Crippen LogP contribution in [0.15, 0.2) is 12.1 Å². The van der Waals surface area contributed by atoms with E-state index in [1.165, 1.54) is 7.11 Å². The van der Waals surface area contributed by atoms with E-state index in [4.69, 9.17) is 13.6 Å². The zero-order chi connectivity index (χ0) is 12.0. The van der Waals surface area contributed by atoms with Crippen LogP contribution in [-0.2, 0) is 4.74 Å². The van der Waals surface area contributed by atoms with Gasteiger partial charge in [0, 0.05) is 5.69 Å². The number of hydrogen-bond acceptors (Lipinski definition) is 3. The Hall–Kier alpha value is -1.45. The second-order valence-electron chi connectivity index (χ2n) is 2.79. The molecule has 2 N–H and O–H groups in total. The third kappa shape index (κ3) is 3.31. The second-order valence-corrected chi connectivity index (χ2v) is 2.79. The number of methoxy groups -OCH3 is 1. The van der Waals surface area contributed by atoms with Gasteiger partial charge in [0.15, 0.2) is 0 Å². The Balaban J connectivity index is 0.000000921. The number of carbonyl (C=O) groups excluding carboxylic acids is 1. The zero-order valence-electron chi connectivity index (χ0n) is 9.63. The van der Waals surface area contributed by atoms with Crippen LogP contribution in [-0.4, -0.2) is 20.9 Å². The second kappa shape index (κ2) is 6.12. The van der Waals surface area contributed by atoms with Gasteiger partial charge in [0.2, 0.25) is 0 Å². The monoisotopic (exact) mass is 205 g/mol. The van der Waals surface area contributed by atoms with Crippen molar-refractivity contribution in [2.45, 2.75) is 20.8 Å². The van der Waals surface area contributed by atoms with Gasteiger partial charge in [-0.3, -0.25) is 0 Å². The quantitative estimate of drug-likeness (QED) is 0.425. The van der Waals surface area contributed by atoms with E-state index in [0.717, 1.165) is 5.56 Å². The van der Waals surface area contributed by atoms with E-state index in [1.807, 2.05) is 13.8 Å². The van der Waals surface area contributed by atoms with Gasteiger partial charge in [0.1, 0.15) is 7.85 Å². The molecule has 0 aromatic heterocycles. The molecule has 1 aromatic carbocycles. The van der Waals surface area contributed by atoms with Crippen LogP contribution in [0.25, 0.3) is 0 Å². The molecule has 3 nitrogen and oxygen atoms in total. The number of nitrogens with two attached hydrogens (primary N) is 1. The summed E-state index contributed by atoms with van der Waals surface area (Å²) in [6, 6.07) is 3.18. The Morgan fingerprint density at radius 2 is 1.93 bits per heavy atom. The van der Waals surface area contributed by atoms with Crippen molar-refractivity contribution in [1.82, 2.24) is 0 Å². The summed E-state index contributed by atoms with van der Waals surface area (Å²) in [6.07, 6.45) is 0. The predicted octanol–water partition coefficient (Wildman–Crippen LogP) is 1.18. The Bertz CT molecular complexity index is 351. The Kier molecular flexibility index (Phi) is 5.53. The molecule has 0 atom stereocenters. The highest BCUT2D eigenvalue weighted by atomic mass is 16.5. The van der Waals surface area contributed by atoms with Crippen molar-refractivity contribution in [2.24, 2.45) is 0 Å². The van der Waals surface area contributed by atoms with Crippen LogP contribution in [0.1, 0.15) is 29.8 Å². The molecule has 0 aliphatic rings. The lowest BCUT2D eigenvalue weighted by atomic mass is 9.88. The van der Waals surface area contributed by atoms with E-state index in [2.05, 4.69) is 4.74 Å². The molecule has 1 aromatic rings. The molecule has 0 aliphatic carbocycles. The summed E-state index contributed by atoms with van der Waals surface area (Å²) in [4.78, 5) is 11.2. The molecule has 0 aliphatic heterocycles. The molecule has 0 bridgehead atoms.